The third kappa shape index (κ3) is 10.9. The molecular weight excluding hydrogens is 1500 g/mol. The predicted molar refractivity (Wildman–Crippen MR) is 512 cm³/mol. The molecule has 6 aliphatic heterocycles. The SMILES string of the molecule is c1ccc(-c2cc3c4ccccc4c(-c4ccc5c(c4)Oc4cccc6c4B5c4ccccc4O6)cc3c3ccccc23)cc1.c1ccc2c(c1)Oc1cccc3c1B2c1cc(-c2c4ccccc4cc4c2ccc2ccccc24)ccc1O3.c1ccc2c(c1)Oc1cccc3c1B2c1ccc(-c2cccc4c2ccc2cc5ccccc5cc24)cc1O3. The molecule has 0 bridgehead atoms. The minimum atomic E-state index is 0.0481. The summed E-state index contributed by atoms with van der Waals surface area (Å²) in [7, 11) is 0. The second-order valence-corrected chi connectivity index (χ2v) is 32.9. The summed E-state index contributed by atoms with van der Waals surface area (Å²) in [5, 5.41) is 22.7. The third-order valence-corrected chi connectivity index (χ3v) is 26.3. The van der Waals surface area contributed by atoms with Crippen LogP contribution >= 0.6 is 0 Å². The van der Waals surface area contributed by atoms with Gasteiger partial charge in [0, 0.05) is 16.4 Å². The average Bonchev–Trinajstić information content (AvgIpc) is 0.730. The van der Waals surface area contributed by atoms with E-state index >= 15 is 0 Å². The lowest BCUT2D eigenvalue weighted by atomic mass is 9.35. The van der Waals surface area contributed by atoms with Gasteiger partial charge < -0.3 is 28.4 Å². The van der Waals surface area contributed by atoms with Crippen molar-refractivity contribution >= 4 is 166 Å². The zero-order valence-electron chi connectivity index (χ0n) is 66.4. The molecule has 0 spiro atoms. The molecule has 6 aliphatic rings. The molecule has 568 valence electrons. The maximum atomic E-state index is 6.66. The Balaban J connectivity index is 0.0000000993. The number of fused-ring (bicyclic) bond motifs is 25. The van der Waals surface area contributed by atoms with Gasteiger partial charge in [0.1, 0.15) is 69.0 Å². The molecule has 28 rings (SSSR count). The fraction of sp³-hybridized carbons (Fsp3) is 0. The molecule has 22 aromatic carbocycles. The lowest BCUT2D eigenvalue weighted by Crippen LogP contribution is -2.57. The van der Waals surface area contributed by atoms with Crippen molar-refractivity contribution in [1.82, 2.24) is 0 Å². The van der Waals surface area contributed by atoms with Crippen LogP contribution in [0.3, 0.4) is 0 Å². The molecule has 0 radical (unpaired) electrons. The summed E-state index contributed by atoms with van der Waals surface area (Å²) in [6, 6.07) is 145. The topological polar surface area (TPSA) is 55.4 Å². The summed E-state index contributed by atoms with van der Waals surface area (Å²) in [5.74, 6) is 10.6. The summed E-state index contributed by atoms with van der Waals surface area (Å²) in [6.07, 6.45) is 0. The molecule has 0 N–H and O–H groups in total. The van der Waals surface area contributed by atoms with Crippen molar-refractivity contribution in [3.05, 3.63) is 406 Å². The number of hydrogen-bond donors (Lipinski definition) is 0. The second-order valence-electron chi connectivity index (χ2n) is 32.9. The number of benzene rings is 22. The van der Waals surface area contributed by atoms with Gasteiger partial charge in [-0.15, -0.1) is 0 Å². The lowest BCUT2D eigenvalue weighted by molar-refractivity contribution is 0.464. The molecule has 6 nitrogen and oxygen atoms in total. The molecule has 0 aliphatic carbocycles. The van der Waals surface area contributed by atoms with Crippen molar-refractivity contribution in [2.24, 2.45) is 0 Å². The van der Waals surface area contributed by atoms with Gasteiger partial charge in [-0.2, -0.15) is 0 Å². The van der Waals surface area contributed by atoms with Gasteiger partial charge in [0.25, 0.3) is 20.1 Å². The standard InChI is InChI=1S/C42H25BO2.2C36H21BO2/c1-2-11-26(12-3-1)32-24-34-31-16-7-5-14-29(31)33(25-35(34)30-15-6-4-13-28(30)32)27-21-22-37-41(23-27)45-40-20-10-19-39-42(40)43(37)36-17-8-9-18-38(36)44-39;1-3-10-25-22(8-1)16-18-27-28(25)20-23-9-2-4-11-26(23)35(27)24-17-19-32-30(21-24)37-29-12-5-6-13-31(29)38-33-14-7-15-34(39-32)36(33)37;1-2-8-23-20-29-24(19-22(23)7-1)15-17-28-26(9-5-10-27(28)29)25-16-18-31-35(21-25)39-34-14-6-13-33-36(34)37(31)30-11-3-4-12-32(30)38-33/h1-25H;2*1-21H. The Morgan fingerprint density at radius 2 is 0.488 bits per heavy atom. The van der Waals surface area contributed by atoms with Crippen LogP contribution in [0.5, 0.6) is 69.0 Å². The molecule has 9 heteroatoms. The Hall–Kier alpha value is -15.8. The highest BCUT2D eigenvalue weighted by Crippen LogP contribution is 2.47. The molecular formula is C114H67B3O6. The van der Waals surface area contributed by atoms with Crippen LogP contribution in [-0.2, 0) is 0 Å². The van der Waals surface area contributed by atoms with Crippen molar-refractivity contribution in [3.8, 4) is 114 Å². The lowest BCUT2D eigenvalue weighted by Gasteiger charge is -2.33. The van der Waals surface area contributed by atoms with Gasteiger partial charge in [-0.05, 0) is 277 Å². The highest BCUT2D eigenvalue weighted by molar-refractivity contribution is 6.99. The van der Waals surface area contributed by atoms with E-state index in [1.807, 2.05) is 66.7 Å². The second kappa shape index (κ2) is 27.4. The zero-order valence-corrected chi connectivity index (χ0v) is 66.4. The maximum Gasteiger partial charge on any atom is 0.260 e. The minimum Gasteiger partial charge on any atom is -0.458 e. The molecule has 0 amide bonds. The van der Waals surface area contributed by atoms with Gasteiger partial charge in [0.05, 0.1) is 0 Å². The van der Waals surface area contributed by atoms with E-state index in [4.69, 9.17) is 28.4 Å². The summed E-state index contributed by atoms with van der Waals surface area (Å²) in [4.78, 5) is 0. The summed E-state index contributed by atoms with van der Waals surface area (Å²) < 4.78 is 38.6. The quantitative estimate of drug-likeness (QED) is 0.0994. The van der Waals surface area contributed by atoms with Gasteiger partial charge in [-0.1, -0.05) is 303 Å². The van der Waals surface area contributed by atoms with Crippen LogP contribution in [0.15, 0.2) is 406 Å². The van der Waals surface area contributed by atoms with Crippen molar-refractivity contribution in [2.45, 2.75) is 0 Å². The van der Waals surface area contributed by atoms with E-state index in [-0.39, 0.29) is 20.1 Å². The number of para-hydroxylation sites is 3. The minimum absolute atomic E-state index is 0.0481. The Labute approximate surface area is 709 Å². The predicted octanol–water partition coefficient (Wildman–Crippen LogP) is 24.3. The highest BCUT2D eigenvalue weighted by Gasteiger charge is 2.44. The molecule has 0 fully saturated rings. The monoisotopic (exact) mass is 1560 g/mol. The Morgan fingerprint density at radius 1 is 0.138 bits per heavy atom. The molecule has 0 saturated carbocycles. The molecule has 0 unspecified atom stereocenters. The maximum absolute atomic E-state index is 6.66. The first kappa shape index (κ1) is 69.2. The zero-order chi connectivity index (χ0) is 80.5. The van der Waals surface area contributed by atoms with Crippen molar-refractivity contribution < 1.29 is 28.4 Å². The van der Waals surface area contributed by atoms with Gasteiger partial charge in [-0.3, -0.25) is 0 Å². The first-order valence-electron chi connectivity index (χ1n) is 42.2. The van der Waals surface area contributed by atoms with Gasteiger partial charge in [-0.25, -0.2) is 0 Å². The molecule has 22 aromatic rings. The number of hydrogen-bond acceptors (Lipinski definition) is 6. The highest BCUT2D eigenvalue weighted by atomic mass is 16.5. The van der Waals surface area contributed by atoms with Crippen LogP contribution in [-0.4, -0.2) is 20.1 Å². The van der Waals surface area contributed by atoms with Crippen molar-refractivity contribution in [2.75, 3.05) is 0 Å². The van der Waals surface area contributed by atoms with Crippen LogP contribution in [0.4, 0.5) is 0 Å². The fourth-order valence-corrected chi connectivity index (χ4v) is 20.8. The van der Waals surface area contributed by atoms with Gasteiger partial charge in [0.2, 0.25) is 0 Å². The summed E-state index contributed by atoms with van der Waals surface area (Å²) in [6.45, 7) is 0.197. The van der Waals surface area contributed by atoms with E-state index in [0.717, 1.165) is 102 Å². The van der Waals surface area contributed by atoms with E-state index in [9.17, 15) is 0 Å². The smallest absolute Gasteiger partial charge is 0.260 e. The van der Waals surface area contributed by atoms with Crippen molar-refractivity contribution in [3.63, 3.8) is 0 Å². The van der Waals surface area contributed by atoms with Crippen LogP contribution in [0.1, 0.15) is 0 Å². The van der Waals surface area contributed by atoms with E-state index < -0.39 is 0 Å². The molecule has 6 heterocycles. The molecule has 123 heavy (non-hydrogen) atoms. The van der Waals surface area contributed by atoms with Crippen molar-refractivity contribution in [1.29, 1.82) is 0 Å². The van der Waals surface area contributed by atoms with E-state index in [1.165, 1.54) is 158 Å². The van der Waals surface area contributed by atoms with E-state index in [1.54, 1.807) is 0 Å². The average molecular weight is 1570 g/mol. The van der Waals surface area contributed by atoms with Crippen LogP contribution in [0, 0.1) is 0 Å². The van der Waals surface area contributed by atoms with E-state index in [0.29, 0.717) is 0 Å². The van der Waals surface area contributed by atoms with Gasteiger partial charge in [0.15, 0.2) is 0 Å². The number of ether oxygens (including phenoxy) is 6. The first-order chi connectivity index (χ1) is 61.0. The van der Waals surface area contributed by atoms with Crippen LogP contribution < -0.4 is 77.6 Å². The molecule has 0 aromatic heterocycles. The van der Waals surface area contributed by atoms with Crippen LogP contribution in [0.25, 0.3) is 141 Å². The van der Waals surface area contributed by atoms with E-state index in [2.05, 4.69) is 340 Å². The summed E-state index contributed by atoms with van der Waals surface area (Å²) >= 11 is 0. The van der Waals surface area contributed by atoms with Crippen LogP contribution in [0.2, 0.25) is 0 Å². The Kier molecular flexibility index (Phi) is 15.4. The number of rotatable bonds is 4. The Bertz CT molecular complexity index is 8310. The largest absolute Gasteiger partial charge is 0.458 e. The Morgan fingerprint density at radius 3 is 1.06 bits per heavy atom. The summed E-state index contributed by atoms with van der Waals surface area (Å²) in [5.41, 5.74) is 20.0. The third-order valence-electron chi connectivity index (χ3n) is 26.3. The van der Waals surface area contributed by atoms with Gasteiger partial charge >= 0.3 is 0 Å². The molecule has 0 atom stereocenters. The normalized spacial score (nSPS) is 12.9. The fourth-order valence-electron chi connectivity index (χ4n) is 20.8. The first-order valence-corrected chi connectivity index (χ1v) is 42.2. The molecule has 0 saturated heterocycles.